The molecule has 7 nitrogen and oxygen atoms in total. The number of hydrogen-bond acceptors (Lipinski definition) is 4. The summed E-state index contributed by atoms with van der Waals surface area (Å²) in [6.45, 7) is 3.54. The summed E-state index contributed by atoms with van der Waals surface area (Å²) >= 11 is 0. The number of hydrogen-bond donors (Lipinski definition) is 3. The summed E-state index contributed by atoms with van der Waals surface area (Å²) in [4.78, 5) is 23.9. The lowest BCUT2D eigenvalue weighted by Crippen LogP contribution is -2.41. The molecule has 0 aliphatic heterocycles. The van der Waals surface area contributed by atoms with Gasteiger partial charge in [-0.1, -0.05) is 13.8 Å². The van der Waals surface area contributed by atoms with Gasteiger partial charge in [0.2, 0.25) is 0 Å². The fourth-order valence-corrected chi connectivity index (χ4v) is 1.29. The van der Waals surface area contributed by atoms with Gasteiger partial charge in [0.05, 0.1) is 12.6 Å². The van der Waals surface area contributed by atoms with Crippen molar-refractivity contribution in [1.82, 2.24) is 10.3 Å². The molecule has 94 valence electrons. The van der Waals surface area contributed by atoms with Crippen LogP contribution in [0.5, 0.6) is 0 Å². The van der Waals surface area contributed by atoms with Crippen LogP contribution in [-0.2, 0) is 0 Å². The zero-order valence-corrected chi connectivity index (χ0v) is 9.64. The highest BCUT2D eigenvalue weighted by atomic mass is 16.6. The molecule has 1 unspecified atom stereocenters. The molecule has 0 aliphatic carbocycles. The van der Waals surface area contributed by atoms with Crippen LogP contribution < -0.4 is 5.32 Å². The number of nitro groups is 1. The average molecular weight is 241 g/mol. The lowest BCUT2D eigenvalue weighted by molar-refractivity contribution is -0.389. The largest absolute Gasteiger partial charge is 0.394 e. The molecule has 7 heteroatoms. The van der Waals surface area contributed by atoms with Crippen LogP contribution in [0.25, 0.3) is 0 Å². The number of rotatable bonds is 5. The Kier molecular flexibility index (Phi) is 4.22. The molecule has 0 saturated carbocycles. The van der Waals surface area contributed by atoms with Crippen molar-refractivity contribution in [1.29, 1.82) is 0 Å². The Morgan fingerprint density at radius 1 is 1.59 bits per heavy atom. The van der Waals surface area contributed by atoms with Crippen molar-refractivity contribution in [2.24, 2.45) is 5.92 Å². The van der Waals surface area contributed by atoms with Crippen molar-refractivity contribution < 1.29 is 14.8 Å². The van der Waals surface area contributed by atoms with Crippen molar-refractivity contribution in [2.45, 2.75) is 19.9 Å². The molecule has 1 atom stereocenters. The summed E-state index contributed by atoms with van der Waals surface area (Å²) in [6, 6.07) is 2.19. The number of amides is 1. The Balaban J connectivity index is 2.72. The summed E-state index contributed by atoms with van der Waals surface area (Å²) in [5.41, 5.74) is 0.107. The molecule has 0 aliphatic rings. The molecule has 0 saturated heterocycles. The van der Waals surface area contributed by atoms with Gasteiger partial charge >= 0.3 is 5.82 Å². The second-order valence-corrected chi connectivity index (χ2v) is 4.02. The van der Waals surface area contributed by atoms with Gasteiger partial charge in [-0.25, -0.2) is 4.98 Å². The summed E-state index contributed by atoms with van der Waals surface area (Å²) in [7, 11) is 0. The molecule has 0 radical (unpaired) electrons. The highest BCUT2D eigenvalue weighted by Gasteiger charge is 2.20. The van der Waals surface area contributed by atoms with E-state index in [1.165, 1.54) is 12.1 Å². The van der Waals surface area contributed by atoms with E-state index in [4.69, 9.17) is 5.11 Å². The SMILES string of the molecule is CC(C)C(CO)NC(=O)c1ccc([N+](=O)[O-])[nH]1. The van der Waals surface area contributed by atoms with Crippen LogP contribution >= 0.6 is 0 Å². The first kappa shape index (κ1) is 13.2. The van der Waals surface area contributed by atoms with E-state index in [9.17, 15) is 14.9 Å². The van der Waals surface area contributed by atoms with Crippen LogP contribution in [0.3, 0.4) is 0 Å². The number of aliphatic hydroxyl groups excluding tert-OH is 1. The Labute approximate surface area is 98.0 Å². The minimum atomic E-state index is -0.608. The van der Waals surface area contributed by atoms with Crippen molar-refractivity contribution in [3.8, 4) is 0 Å². The normalized spacial score (nSPS) is 12.5. The second-order valence-electron chi connectivity index (χ2n) is 4.02. The Hall–Kier alpha value is -1.89. The quantitative estimate of drug-likeness (QED) is 0.520. The summed E-state index contributed by atoms with van der Waals surface area (Å²) in [5.74, 6) is -0.625. The Morgan fingerprint density at radius 3 is 2.65 bits per heavy atom. The zero-order chi connectivity index (χ0) is 13.0. The molecule has 1 heterocycles. The molecule has 0 fully saturated rings. The van der Waals surface area contributed by atoms with Gasteiger partial charge in [-0.15, -0.1) is 0 Å². The number of nitrogens with zero attached hydrogens (tertiary/aromatic N) is 1. The molecule has 1 amide bonds. The predicted molar refractivity (Wildman–Crippen MR) is 60.6 cm³/mol. The Morgan fingerprint density at radius 2 is 2.24 bits per heavy atom. The van der Waals surface area contributed by atoms with E-state index >= 15 is 0 Å². The topological polar surface area (TPSA) is 108 Å². The van der Waals surface area contributed by atoms with E-state index in [1.54, 1.807) is 0 Å². The number of H-pyrrole nitrogens is 1. The number of nitrogens with one attached hydrogen (secondary N) is 2. The highest BCUT2D eigenvalue weighted by Crippen LogP contribution is 2.10. The van der Waals surface area contributed by atoms with Gasteiger partial charge in [-0.05, 0) is 16.9 Å². The van der Waals surface area contributed by atoms with Gasteiger partial charge in [0.15, 0.2) is 5.69 Å². The molecule has 1 aromatic rings. The maximum atomic E-state index is 11.7. The van der Waals surface area contributed by atoms with Crippen LogP contribution in [0.2, 0.25) is 0 Å². The van der Waals surface area contributed by atoms with Crippen molar-refractivity contribution >= 4 is 11.7 Å². The highest BCUT2D eigenvalue weighted by molar-refractivity contribution is 5.93. The molecule has 0 bridgehead atoms. The third-order valence-electron chi connectivity index (χ3n) is 2.43. The van der Waals surface area contributed by atoms with Gasteiger partial charge in [0, 0.05) is 6.07 Å². The van der Waals surface area contributed by atoms with E-state index in [0.29, 0.717) is 0 Å². The fourth-order valence-electron chi connectivity index (χ4n) is 1.29. The molecular weight excluding hydrogens is 226 g/mol. The lowest BCUT2D eigenvalue weighted by Gasteiger charge is -2.18. The molecule has 0 spiro atoms. The monoisotopic (exact) mass is 241 g/mol. The molecule has 0 aromatic carbocycles. The van der Waals surface area contributed by atoms with Crippen molar-refractivity contribution in [2.75, 3.05) is 6.61 Å². The van der Waals surface area contributed by atoms with Gasteiger partial charge < -0.3 is 20.5 Å². The van der Waals surface area contributed by atoms with Crippen LogP contribution in [0.1, 0.15) is 24.3 Å². The van der Waals surface area contributed by atoms with Gasteiger partial charge in [0.25, 0.3) is 5.91 Å². The smallest absolute Gasteiger partial charge is 0.321 e. The summed E-state index contributed by atoms with van der Waals surface area (Å²) in [6.07, 6.45) is 0. The number of aromatic amines is 1. The minimum absolute atomic E-state index is 0.0777. The first-order chi connectivity index (χ1) is 7.95. The number of aromatic nitrogens is 1. The lowest BCUT2D eigenvalue weighted by atomic mass is 10.1. The number of aliphatic hydroxyl groups is 1. The van der Waals surface area contributed by atoms with Crippen LogP contribution in [-0.4, -0.2) is 33.6 Å². The maximum Gasteiger partial charge on any atom is 0.321 e. The molecule has 1 rings (SSSR count). The first-order valence-corrected chi connectivity index (χ1v) is 5.20. The Bertz CT molecular complexity index is 413. The summed E-state index contributed by atoms with van der Waals surface area (Å²) in [5, 5.41) is 22.1. The van der Waals surface area contributed by atoms with Crippen molar-refractivity contribution in [3.05, 3.63) is 27.9 Å². The molecular formula is C10H15N3O4. The third kappa shape index (κ3) is 3.28. The fraction of sp³-hybridized carbons (Fsp3) is 0.500. The van der Waals surface area contributed by atoms with E-state index in [0.717, 1.165) is 0 Å². The van der Waals surface area contributed by atoms with Gasteiger partial charge in [-0.3, -0.25) is 4.79 Å². The third-order valence-corrected chi connectivity index (χ3v) is 2.43. The predicted octanol–water partition coefficient (Wildman–Crippen LogP) is 0.670. The first-order valence-electron chi connectivity index (χ1n) is 5.20. The van der Waals surface area contributed by atoms with E-state index in [-0.39, 0.29) is 30.1 Å². The standard InChI is InChI=1S/C10H15N3O4/c1-6(2)8(5-14)12-10(15)7-3-4-9(11-7)13(16)17/h3-4,6,8,11,14H,5H2,1-2H3,(H,12,15). The van der Waals surface area contributed by atoms with Crippen LogP contribution in [0, 0.1) is 16.0 Å². The maximum absolute atomic E-state index is 11.7. The molecule has 1 aromatic heterocycles. The van der Waals surface area contributed by atoms with E-state index < -0.39 is 10.8 Å². The molecule has 3 N–H and O–H groups in total. The van der Waals surface area contributed by atoms with E-state index in [2.05, 4.69) is 10.3 Å². The van der Waals surface area contributed by atoms with Crippen molar-refractivity contribution in [3.63, 3.8) is 0 Å². The summed E-state index contributed by atoms with van der Waals surface area (Å²) < 4.78 is 0. The zero-order valence-electron chi connectivity index (χ0n) is 9.64. The van der Waals surface area contributed by atoms with Crippen LogP contribution in [0.15, 0.2) is 12.1 Å². The van der Waals surface area contributed by atoms with Gasteiger partial charge in [-0.2, -0.15) is 0 Å². The number of carbonyl (C=O) groups excluding carboxylic acids is 1. The number of carbonyl (C=O) groups is 1. The molecule has 17 heavy (non-hydrogen) atoms. The van der Waals surface area contributed by atoms with Crippen LogP contribution in [0.4, 0.5) is 5.82 Å². The van der Waals surface area contributed by atoms with Gasteiger partial charge in [0.1, 0.15) is 0 Å². The van der Waals surface area contributed by atoms with E-state index in [1.807, 2.05) is 13.8 Å². The second kappa shape index (κ2) is 5.44. The minimum Gasteiger partial charge on any atom is -0.394 e. The average Bonchev–Trinajstić information content (AvgIpc) is 2.74.